The highest BCUT2D eigenvalue weighted by Crippen LogP contribution is 2.30. The summed E-state index contributed by atoms with van der Waals surface area (Å²) in [5.41, 5.74) is 3.13. The lowest BCUT2D eigenvalue weighted by molar-refractivity contribution is -0.128. The largest absolute Gasteiger partial charge is 0.316 e. The summed E-state index contributed by atoms with van der Waals surface area (Å²) < 4.78 is 0. The zero-order valence-electron chi connectivity index (χ0n) is 12.4. The number of aryl methyl sites for hydroxylation is 2. The Balaban J connectivity index is 2.23. The topological polar surface area (TPSA) is 32.3 Å². The standard InChI is InChI=1S/C16H24N2O/c1-12-6-7-14(13(2)10-12)18(4)15(19)16(3)8-5-9-17-11-16/h6-7,10,17H,5,8-9,11H2,1-4H3. The first-order chi connectivity index (χ1) is 8.94. The third kappa shape index (κ3) is 2.81. The van der Waals surface area contributed by atoms with Crippen LogP contribution in [0, 0.1) is 19.3 Å². The van der Waals surface area contributed by atoms with Crippen molar-refractivity contribution >= 4 is 11.6 Å². The van der Waals surface area contributed by atoms with Gasteiger partial charge < -0.3 is 10.2 Å². The Morgan fingerprint density at radius 2 is 2.11 bits per heavy atom. The molecule has 1 aromatic carbocycles. The molecule has 1 N–H and O–H groups in total. The molecule has 0 aliphatic carbocycles. The van der Waals surface area contributed by atoms with Gasteiger partial charge in [0.25, 0.3) is 0 Å². The van der Waals surface area contributed by atoms with Gasteiger partial charge in [0.05, 0.1) is 5.41 Å². The van der Waals surface area contributed by atoms with Gasteiger partial charge in [0.1, 0.15) is 0 Å². The van der Waals surface area contributed by atoms with Gasteiger partial charge in [-0.25, -0.2) is 0 Å². The van der Waals surface area contributed by atoms with Crippen molar-refractivity contribution in [3.63, 3.8) is 0 Å². The van der Waals surface area contributed by atoms with Gasteiger partial charge in [-0.3, -0.25) is 4.79 Å². The molecule has 0 bridgehead atoms. The van der Waals surface area contributed by atoms with Crippen molar-refractivity contribution in [1.29, 1.82) is 0 Å². The molecule has 0 radical (unpaired) electrons. The molecule has 1 heterocycles. The maximum absolute atomic E-state index is 12.7. The highest BCUT2D eigenvalue weighted by molar-refractivity contribution is 5.97. The third-order valence-corrected chi connectivity index (χ3v) is 4.13. The van der Waals surface area contributed by atoms with E-state index in [0.29, 0.717) is 0 Å². The SMILES string of the molecule is Cc1ccc(N(C)C(=O)C2(C)CCCNC2)c(C)c1. The zero-order chi connectivity index (χ0) is 14.0. The molecule has 1 fully saturated rings. The molecule has 0 aromatic heterocycles. The molecule has 0 spiro atoms. The van der Waals surface area contributed by atoms with E-state index in [2.05, 4.69) is 38.2 Å². The van der Waals surface area contributed by atoms with E-state index >= 15 is 0 Å². The summed E-state index contributed by atoms with van der Waals surface area (Å²) in [6.45, 7) is 8.01. The van der Waals surface area contributed by atoms with Crippen LogP contribution in [0.4, 0.5) is 5.69 Å². The van der Waals surface area contributed by atoms with Gasteiger partial charge in [-0.1, -0.05) is 17.7 Å². The van der Waals surface area contributed by atoms with Crippen LogP contribution < -0.4 is 10.2 Å². The molecule has 1 unspecified atom stereocenters. The van der Waals surface area contributed by atoms with Crippen molar-refractivity contribution in [3.05, 3.63) is 29.3 Å². The summed E-state index contributed by atoms with van der Waals surface area (Å²) >= 11 is 0. The third-order valence-electron chi connectivity index (χ3n) is 4.13. The first kappa shape index (κ1) is 14.1. The van der Waals surface area contributed by atoms with Crippen molar-refractivity contribution in [2.24, 2.45) is 5.41 Å². The molecule has 1 aliphatic heterocycles. The first-order valence-corrected chi connectivity index (χ1v) is 7.00. The maximum atomic E-state index is 12.7. The molecule has 3 nitrogen and oxygen atoms in total. The average Bonchev–Trinajstić information content (AvgIpc) is 2.38. The number of anilines is 1. The Hall–Kier alpha value is -1.35. The lowest BCUT2D eigenvalue weighted by Gasteiger charge is -2.36. The molecule has 2 rings (SSSR count). The monoisotopic (exact) mass is 260 g/mol. The van der Waals surface area contributed by atoms with Gasteiger partial charge in [-0.2, -0.15) is 0 Å². The summed E-state index contributed by atoms with van der Waals surface area (Å²) in [4.78, 5) is 14.6. The minimum absolute atomic E-state index is 0.214. The lowest BCUT2D eigenvalue weighted by Crippen LogP contribution is -2.49. The summed E-state index contributed by atoms with van der Waals surface area (Å²) in [6.07, 6.45) is 2.04. The van der Waals surface area contributed by atoms with E-state index < -0.39 is 0 Å². The van der Waals surface area contributed by atoms with E-state index in [1.807, 2.05) is 18.0 Å². The number of rotatable bonds is 2. The molecule has 1 aliphatic rings. The number of carbonyl (C=O) groups excluding carboxylic acids is 1. The molecule has 1 atom stereocenters. The quantitative estimate of drug-likeness (QED) is 0.886. The van der Waals surface area contributed by atoms with Crippen LogP contribution in [0.15, 0.2) is 18.2 Å². The Bertz CT molecular complexity index is 476. The Morgan fingerprint density at radius 1 is 1.37 bits per heavy atom. The number of hydrogen-bond donors (Lipinski definition) is 1. The van der Waals surface area contributed by atoms with E-state index in [9.17, 15) is 4.79 Å². The number of amides is 1. The normalized spacial score (nSPS) is 23.2. The van der Waals surface area contributed by atoms with Gasteiger partial charge >= 0.3 is 0 Å². The lowest BCUT2D eigenvalue weighted by atomic mass is 9.81. The second-order valence-electron chi connectivity index (χ2n) is 6.00. The van der Waals surface area contributed by atoms with Gasteiger partial charge in [0, 0.05) is 19.3 Å². The predicted octanol–water partition coefficient (Wildman–Crippen LogP) is 2.66. The van der Waals surface area contributed by atoms with Crippen molar-refractivity contribution in [2.75, 3.05) is 25.0 Å². The fourth-order valence-electron chi connectivity index (χ4n) is 2.93. The fraction of sp³-hybridized carbons (Fsp3) is 0.562. The van der Waals surface area contributed by atoms with Crippen LogP contribution in [0.5, 0.6) is 0 Å². The molecule has 1 aromatic rings. The van der Waals surface area contributed by atoms with Crippen LogP contribution in [-0.2, 0) is 4.79 Å². The summed E-state index contributed by atoms with van der Waals surface area (Å²) in [7, 11) is 1.89. The molecular formula is C16H24N2O. The fourth-order valence-corrected chi connectivity index (χ4v) is 2.93. The van der Waals surface area contributed by atoms with Crippen LogP contribution in [-0.4, -0.2) is 26.0 Å². The van der Waals surface area contributed by atoms with Crippen molar-refractivity contribution < 1.29 is 4.79 Å². The maximum Gasteiger partial charge on any atom is 0.233 e. The van der Waals surface area contributed by atoms with Crippen molar-refractivity contribution in [2.45, 2.75) is 33.6 Å². The highest BCUT2D eigenvalue weighted by atomic mass is 16.2. The smallest absolute Gasteiger partial charge is 0.233 e. The van der Waals surface area contributed by atoms with E-state index in [0.717, 1.165) is 37.2 Å². The molecule has 1 saturated heterocycles. The summed E-state index contributed by atoms with van der Waals surface area (Å²) in [5, 5.41) is 3.34. The number of piperidine rings is 1. The molecule has 104 valence electrons. The predicted molar refractivity (Wildman–Crippen MR) is 79.5 cm³/mol. The number of carbonyl (C=O) groups is 1. The van der Waals surface area contributed by atoms with E-state index in [-0.39, 0.29) is 11.3 Å². The van der Waals surface area contributed by atoms with Crippen LogP contribution in [0.1, 0.15) is 30.9 Å². The van der Waals surface area contributed by atoms with Crippen molar-refractivity contribution in [1.82, 2.24) is 5.32 Å². The van der Waals surface area contributed by atoms with E-state index in [4.69, 9.17) is 0 Å². The second-order valence-corrected chi connectivity index (χ2v) is 6.00. The van der Waals surface area contributed by atoms with Crippen LogP contribution in [0.2, 0.25) is 0 Å². The average molecular weight is 260 g/mol. The van der Waals surface area contributed by atoms with Gasteiger partial charge in [-0.15, -0.1) is 0 Å². The van der Waals surface area contributed by atoms with Crippen LogP contribution >= 0.6 is 0 Å². The number of nitrogens with zero attached hydrogens (tertiary/aromatic N) is 1. The minimum Gasteiger partial charge on any atom is -0.316 e. The number of nitrogens with one attached hydrogen (secondary N) is 1. The zero-order valence-corrected chi connectivity index (χ0v) is 12.4. The van der Waals surface area contributed by atoms with Crippen LogP contribution in [0.3, 0.4) is 0 Å². The molecule has 0 saturated carbocycles. The van der Waals surface area contributed by atoms with Gasteiger partial charge in [0.15, 0.2) is 0 Å². The first-order valence-electron chi connectivity index (χ1n) is 7.00. The summed E-state index contributed by atoms with van der Waals surface area (Å²) in [5.74, 6) is 0.214. The van der Waals surface area contributed by atoms with Crippen molar-refractivity contribution in [3.8, 4) is 0 Å². The Morgan fingerprint density at radius 3 is 2.68 bits per heavy atom. The highest BCUT2D eigenvalue weighted by Gasteiger charge is 2.37. The summed E-state index contributed by atoms with van der Waals surface area (Å²) in [6, 6.07) is 6.23. The molecule has 1 amide bonds. The number of benzene rings is 1. The second kappa shape index (κ2) is 5.33. The van der Waals surface area contributed by atoms with E-state index in [1.165, 1.54) is 5.56 Å². The Kier molecular flexibility index (Phi) is 3.95. The van der Waals surface area contributed by atoms with Gasteiger partial charge in [0.2, 0.25) is 5.91 Å². The van der Waals surface area contributed by atoms with Crippen LogP contribution in [0.25, 0.3) is 0 Å². The number of hydrogen-bond acceptors (Lipinski definition) is 2. The minimum atomic E-state index is -0.273. The van der Waals surface area contributed by atoms with Gasteiger partial charge in [-0.05, 0) is 51.8 Å². The Labute approximate surface area is 116 Å². The molecule has 19 heavy (non-hydrogen) atoms. The molecule has 3 heteroatoms. The van der Waals surface area contributed by atoms with E-state index in [1.54, 1.807) is 0 Å². The molecular weight excluding hydrogens is 236 g/mol.